The van der Waals surface area contributed by atoms with E-state index in [0.717, 1.165) is 0 Å². The van der Waals surface area contributed by atoms with Crippen molar-refractivity contribution in [3.63, 3.8) is 0 Å². The first-order valence-electron chi connectivity index (χ1n) is 2.56. The van der Waals surface area contributed by atoms with Gasteiger partial charge in [0, 0.05) is 6.54 Å². The summed E-state index contributed by atoms with van der Waals surface area (Å²) in [4.78, 5) is 20.2. The number of aliphatic carboxylic acids is 1. The number of carbonyl (C=O) groups excluding carboxylic acids is 1. The minimum atomic E-state index is -1.19. The molecule has 0 bridgehead atoms. The van der Waals surface area contributed by atoms with Crippen molar-refractivity contribution in [1.82, 2.24) is 5.32 Å². The topological polar surface area (TPSA) is 92.4 Å². The van der Waals surface area contributed by atoms with E-state index in [2.05, 4.69) is 7.85 Å². The van der Waals surface area contributed by atoms with Gasteiger partial charge in [0.1, 0.15) is 6.04 Å². The number of nitrogens with one attached hydrogen (secondary N) is 1. The minimum Gasteiger partial charge on any atom is -0.480 e. The Balaban J connectivity index is 3.83. The van der Waals surface area contributed by atoms with Crippen LogP contribution < -0.4 is 11.1 Å². The lowest BCUT2D eigenvalue weighted by Crippen LogP contribution is -2.45. The summed E-state index contributed by atoms with van der Waals surface area (Å²) in [5, 5.41) is 10.2. The van der Waals surface area contributed by atoms with Gasteiger partial charge in [-0.3, -0.25) is 4.79 Å². The summed E-state index contributed by atoms with van der Waals surface area (Å²) in [7, 11) is 4.64. The SMILES string of the molecule is [B]C(=O)N[C@@H](CN)C(=O)O. The second-order valence-electron chi connectivity index (χ2n) is 1.64. The Morgan fingerprint density at radius 1 is 1.70 bits per heavy atom. The van der Waals surface area contributed by atoms with Crippen LogP contribution in [0.25, 0.3) is 0 Å². The molecule has 4 N–H and O–H groups in total. The number of carboxylic acids is 1. The summed E-state index contributed by atoms with van der Waals surface area (Å²) in [6, 6.07) is -1.09. The summed E-state index contributed by atoms with van der Waals surface area (Å²) in [6.45, 7) is -0.168. The van der Waals surface area contributed by atoms with Crippen LogP contribution in [0.3, 0.4) is 0 Å². The van der Waals surface area contributed by atoms with E-state index in [0.29, 0.717) is 0 Å². The van der Waals surface area contributed by atoms with Crippen LogP contribution >= 0.6 is 0 Å². The number of hydrogen-bond donors (Lipinski definition) is 3. The molecule has 0 aliphatic heterocycles. The molecule has 0 unspecified atom stereocenters. The van der Waals surface area contributed by atoms with Crippen LogP contribution in [-0.2, 0) is 4.79 Å². The zero-order valence-electron chi connectivity index (χ0n) is 5.20. The van der Waals surface area contributed by atoms with E-state index in [4.69, 9.17) is 10.8 Å². The maximum absolute atomic E-state index is 10.1. The van der Waals surface area contributed by atoms with E-state index >= 15 is 0 Å². The zero-order chi connectivity index (χ0) is 8.15. The third-order valence-corrected chi connectivity index (χ3v) is 0.850. The predicted molar refractivity (Wildman–Crippen MR) is 34.8 cm³/mol. The Morgan fingerprint density at radius 2 is 2.20 bits per heavy atom. The van der Waals surface area contributed by atoms with Crippen LogP contribution in [0.15, 0.2) is 0 Å². The molecule has 0 aromatic carbocycles. The molecule has 0 aromatic rings. The van der Waals surface area contributed by atoms with Gasteiger partial charge in [0.05, 0.1) is 0 Å². The van der Waals surface area contributed by atoms with E-state index in [-0.39, 0.29) is 6.54 Å². The van der Waals surface area contributed by atoms with Crippen molar-refractivity contribution in [2.75, 3.05) is 6.54 Å². The molecular formula is C4H7BN2O3. The van der Waals surface area contributed by atoms with Crippen LogP contribution in [0, 0.1) is 0 Å². The van der Waals surface area contributed by atoms with Crippen LogP contribution in [-0.4, -0.2) is 37.3 Å². The molecule has 2 radical (unpaired) electrons. The fraction of sp³-hybridized carbons (Fsp3) is 0.500. The highest BCUT2D eigenvalue weighted by Gasteiger charge is 2.14. The van der Waals surface area contributed by atoms with Gasteiger partial charge < -0.3 is 16.2 Å². The fourth-order valence-electron chi connectivity index (χ4n) is 0.393. The largest absolute Gasteiger partial charge is 0.480 e. The Hall–Kier alpha value is -1.04. The lowest BCUT2D eigenvalue weighted by Gasteiger charge is -2.09. The van der Waals surface area contributed by atoms with Gasteiger partial charge in [-0.05, 0) is 0 Å². The second kappa shape index (κ2) is 3.89. The molecule has 0 aliphatic rings. The van der Waals surface area contributed by atoms with Crippen molar-refractivity contribution in [2.24, 2.45) is 5.73 Å². The summed E-state index contributed by atoms with van der Waals surface area (Å²) < 4.78 is 0. The lowest BCUT2D eigenvalue weighted by atomic mass is 10.1. The minimum absolute atomic E-state index is 0.168. The van der Waals surface area contributed by atoms with Gasteiger partial charge >= 0.3 is 5.97 Å². The number of hydrogen-bond acceptors (Lipinski definition) is 3. The van der Waals surface area contributed by atoms with Gasteiger partial charge in [-0.15, -0.1) is 0 Å². The smallest absolute Gasteiger partial charge is 0.327 e. The van der Waals surface area contributed by atoms with E-state index in [9.17, 15) is 9.59 Å². The first kappa shape index (κ1) is 8.96. The normalized spacial score (nSPS) is 12.1. The van der Waals surface area contributed by atoms with Crippen LogP contribution in [0.2, 0.25) is 0 Å². The monoisotopic (exact) mass is 142 g/mol. The molecule has 54 valence electrons. The highest BCUT2D eigenvalue weighted by Crippen LogP contribution is 1.78. The highest BCUT2D eigenvalue weighted by atomic mass is 16.4. The van der Waals surface area contributed by atoms with Gasteiger partial charge in [0.15, 0.2) is 5.81 Å². The Bertz CT molecular complexity index is 149. The van der Waals surface area contributed by atoms with Gasteiger partial charge in [0.25, 0.3) is 0 Å². The van der Waals surface area contributed by atoms with Crippen molar-refractivity contribution in [1.29, 1.82) is 0 Å². The summed E-state index contributed by atoms with van der Waals surface area (Å²) in [5.74, 6) is -2.08. The van der Waals surface area contributed by atoms with E-state index in [1.165, 1.54) is 0 Å². The maximum Gasteiger partial charge on any atom is 0.327 e. The van der Waals surface area contributed by atoms with E-state index < -0.39 is 17.8 Å². The number of carboxylic acid groups (broad SMARTS) is 1. The van der Waals surface area contributed by atoms with Crippen molar-refractivity contribution >= 4 is 19.6 Å². The molecule has 10 heavy (non-hydrogen) atoms. The summed E-state index contributed by atoms with van der Waals surface area (Å²) >= 11 is 0. The predicted octanol–water partition coefficient (Wildman–Crippen LogP) is -1.72. The lowest BCUT2D eigenvalue weighted by molar-refractivity contribution is -0.138. The maximum atomic E-state index is 10.1. The van der Waals surface area contributed by atoms with Crippen LogP contribution in [0.4, 0.5) is 4.79 Å². The number of amides is 1. The molecule has 0 spiro atoms. The molecule has 0 aliphatic carbocycles. The Morgan fingerprint density at radius 3 is 2.30 bits per heavy atom. The average molecular weight is 142 g/mol. The van der Waals surface area contributed by atoms with E-state index in [1.807, 2.05) is 5.32 Å². The van der Waals surface area contributed by atoms with Crippen LogP contribution in [0.5, 0.6) is 0 Å². The molecule has 0 saturated carbocycles. The summed E-state index contributed by atoms with van der Waals surface area (Å²) in [5.41, 5.74) is 4.97. The number of rotatable bonds is 3. The molecule has 1 amide bonds. The second-order valence-corrected chi connectivity index (χ2v) is 1.64. The molecule has 0 rings (SSSR count). The van der Waals surface area contributed by atoms with Crippen molar-refractivity contribution in [3.05, 3.63) is 0 Å². The average Bonchev–Trinajstić information content (AvgIpc) is 1.81. The Labute approximate surface area is 59.0 Å². The van der Waals surface area contributed by atoms with Gasteiger partial charge in [0.2, 0.25) is 7.85 Å². The van der Waals surface area contributed by atoms with Gasteiger partial charge in [-0.1, -0.05) is 0 Å². The summed E-state index contributed by atoms with van der Waals surface area (Å²) in [6.07, 6.45) is 0. The number of carbonyl (C=O) groups is 2. The molecule has 0 saturated heterocycles. The first-order valence-corrected chi connectivity index (χ1v) is 2.56. The standard InChI is InChI=1S/C4H7BN2O3/c5-4(10)7-2(1-6)3(8)9/h2H,1,6H2,(H,7,10)(H,8,9)/t2-/m0/s1. The molecule has 1 atom stereocenters. The first-order chi connectivity index (χ1) is 4.57. The zero-order valence-corrected chi connectivity index (χ0v) is 5.20. The van der Waals surface area contributed by atoms with E-state index in [1.54, 1.807) is 0 Å². The van der Waals surface area contributed by atoms with Gasteiger partial charge in [-0.25, -0.2) is 4.79 Å². The molecular weight excluding hydrogens is 135 g/mol. The quantitative estimate of drug-likeness (QED) is 0.408. The molecule has 0 heterocycles. The van der Waals surface area contributed by atoms with Crippen LogP contribution in [0.1, 0.15) is 0 Å². The molecule has 5 nitrogen and oxygen atoms in total. The third-order valence-electron chi connectivity index (χ3n) is 0.850. The molecule has 6 heteroatoms. The molecule has 0 aromatic heterocycles. The van der Waals surface area contributed by atoms with Crippen molar-refractivity contribution in [2.45, 2.75) is 6.04 Å². The Kier molecular flexibility index (Phi) is 3.49. The highest BCUT2D eigenvalue weighted by molar-refractivity contribution is 6.57. The number of nitrogens with two attached hydrogens (primary N) is 1. The third kappa shape index (κ3) is 3.08. The fourth-order valence-corrected chi connectivity index (χ4v) is 0.393. The molecule has 0 fully saturated rings. The van der Waals surface area contributed by atoms with Crippen molar-refractivity contribution in [3.8, 4) is 0 Å². The van der Waals surface area contributed by atoms with Crippen molar-refractivity contribution < 1.29 is 14.7 Å². The van der Waals surface area contributed by atoms with Gasteiger partial charge in [-0.2, -0.15) is 0 Å².